The van der Waals surface area contributed by atoms with Crippen molar-refractivity contribution in [3.8, 4) is 0 Å². The van der Waals surface area contributed by atoms with Gasteiger partial charge in [0, 0.05) is 35.3 Å². The summed E-state index contributed by atoms with van der Waals surface area (Å²) in [6.07, 6.45) is 0. The number of hydrogen-bond acceptors (Lipinski definition) is 4. The summed E-state index contributed by atoms with van der Waals surface area (Å²) in [6, 6.07) is 3.63. The lowest BCUT2D eigenvalue weighted by atomic mass is 10.1. The molecule has 3 rings (SSSR count). The molecule has 2 heterocycles. The Labute approximate surface area is 128 Å². The van der Waals surface area contributed by atoms with Crippen LogP contribution < -0.4 is 15.5 Å². The van der Waals surface area contributed by atoms with Crippen molar-refractivity contribution in [3.63, 3.8) is 0 Å². The van der Waals surface area contributed by atoms with Crippen LogP contribution in [-0.2, 0) is 4.79 Å². The van der Waals surface area contributed by atoms with Crippen LogP contribution in [0.5, 0.6) is 0 Å². The largest absolute Gasteiger partial charge is 0.368 e. The topological polar surface area (TPSA) is 44.4 Å². The minimum absolute atomic E-state index is 0.0155. The molecular formula is C14H18ClN3OS. The molecular weight excluding hydrogens is 294 g/mol. The van der Waals surface area contributed by atoms with Crippen molar-refractivity contribution in [3.05, 3.63) is 22.7 Å². The molecule has 2 aliphatic rings. The molecule has 0 spiro atoms. The van der Waals surface area contributed by atoms with Crippen molar-refractivity contribution in [1.82, 2.24) is 5.32 Å². The van der Waals surface area contributed by atoms with Crippen molar-refractivity contribution in [2.75, 3.05) is 36.1 Å². The number of hydrogen-bond donors (Lipinski definition) is 2. The lowest BCUT2D eigenvalue weighted by molar-refractivity contribution is -0.117. The molecule has 0 aliphatic carbocycles. The summed E-state index contributed by atoms with van der Waals surface area (Å²) < 4.78 is 0. The molecule has 0 aromatic heterocycles. The average molecular weight is 312 g/mol. The van der Waals surface area contributed by atoms with E-state index in [1.165, 1.54) is 0 Å². The fraction of sp³-hybridized carbons (Fsp3) is 0.500. The van der Waals surface area contributed by atoms with E-state index in [-0.39, 0.29) is 11.9 Å². The van der Waals surface area contributed by atoms with Gasteiger partial charge in [-0.2, -0.15) is 11.8 Å². The third kappa shape index (κ3) is 2.38. The molecule has 4 nitrogen and oxygen atoms in total. The highest BCUT2D eigenvalue weighted by Gasteiger charge is 2.31. The first-order valence-electron chi connectivity index (χ1n) is 6.78. The third-order valence-corrected chi connectivity index (χ3v) is 5.26. The molecule has 6 heteroatoms. The van der Waals surface area contributed by atoms with Crippen molar-refractivity contribution in [1.29, 1.82) is 0 Å². The molecule has 1 amide bonds. The zero-order chi connectivity index (χ0) is 14.3. The van der Waals surface area contributed by atoms with Crippen molar-refractivity contribution >= 4 is 40.6 Å². The molecule has 0 radical (unpaired) electrons. The summed E-state index contributed by atoms with van der Waals surface area (Å²) in [4.78, 5) is 14.2. The van der Waals surface area contributed by atoms with E-state index < -0.39 is 0 Å². The first-order valence-corrected chi connectivity index (χ1v) is 8.21. The number of nitrogens with zero attached hydrogens (tertiary/aromatic N) is 1. The summed E-state index contributed by atoms with van der Waals surface area (Å²) in [6.45, 7) is 4.22. The van der Waals surface area contributed by atoms with Crippen LogP contribution in [0.15, 0.2) is 12.1 Å². The number of likely N-dealkylation sites (N-methyl/N-ethyl adjacent to an activating group) is 1. The van der Waals surface area contributed by atoms with Crippen LogP contribution in [-0.4, -0.2) is 37.0 Å². The number of fused-ring (bicyclic) bond motifs is 1. The first kappa shape index (κ1) is 14.0. The summed E-state index contributed by atoms with van der Waals surface area (Å²) in [5, 5.41) is 7.27. The Morgan fingerprint density at radius 2 is 2.30 bits per heavy atom. The number of amides is 1. The molecule has 2 unspecified atom stereocenters. The van der Waals surface area contributed by atoms with Crippen LogP contribution in [0.3, 0.4) is 0 Å². The monoisotopic (exact) mass is 311 g/mol. The van der Waals surface area contributed by atoms with E-state index in [2.05, 4.69) is 22.5 Å². The minimum Gasteiger partial charge on any atom is -0.368 e. The number of benzene rings is 1. The Kier molecular flexibility index (Phi) is 3.84. The van der Waals surface area contributed by atoms with Crippen LogP contribution >= 0.6 is 23.4 Å². The van der Waals surface area contributed by atoms with E-state index in [0.29, 0.717) is 5.25 Å². The second kappa shape index (κ2) is 5.47. The number of thioether (sulfide) groups is 1. The first-order chi connectivity index (χ1) is 9.60. The molecule has 2 N–H and O–H groups in total. The number of halogens is 1. The van der Waals surface area contributed by atoms with Crippen molar-refractivity contribution in [2.45, 2.75) is 18.2 Å². The van der Waals surface area contributed by atoms with Gasteiger partial charge in [0.05, 0.1) is 10.7 Å². The Morgan fingerprint density at radius 1 is 1.50 bits per heavy atom. The van der Waals surface area contributed by atoms with E-state index in [4.69, 9.17) is 11.6 Å². The Balaban J connectivity index is 1.95. The average Bonchev–Trinajstić information content (AvgIpc) is 2.72. The van der Waals surface area contributed by atoms with Gasteiger partial charge in [-0.05, 0) is 19.2 Å². The minimum atomic E-state index is -0.299. The van der Waals surface area contributed by atoms with Gasteiger partial charge in [0.1, 0.15) is 6.04 Å². The second-order valence-electron chi connectivity index (χ2n) is 5.23. The number of carbonyl (C=O) groups excluding carboxylic acids is 1. The predicted octanol–water partition coefficient (Wildman–Crippen LogP) is 2.49. The van der Waals surface area contributed by atoms with E-state index in [1.54, 1.807) is 7.05 Å². The highest BCUT2D eigenvalue weighted by Crippen LogP contribution is 2.39. The third-order valence-electron chi connectivity index (χ3n) is 3.82. The number of rotatable bonds is 2. The smallest absolute Gasteiger partial charge is 0.246 e. The molecule has 0 bridgehead atoms. The van der Waals surface area contributed by atoms with E-state index >= 15 is 0 Å². The van der Waals surface area contributed by atoms with E-state index in [9.17, 15) is 4.79 Å². The Morgan fingerprint density at radius 3 is 3.00 bits per heavy atom. The highest BCUT2D eigenvalue weighted by molar-refractivity contribution is 8.00. The number of anilines is 2. The van der Waals surface area contributed by atoms with Crippen LogP contribution in [0.25, 0.3) is 0 Å². The SMILES string of the molecule is CNC1C(=O)Nc2cc(N3CCSC(C)C3)c(Cl)cc21. The molecule has 1 saturated heterocycles. The van der Waals surface area contributed by atoms with Gasteiger partial charge in [0.2, 0.25) is 5.91 Å². The van der Waals surface area contributed by atoms with Gasteiger partial charge in [0.25, 0.3) is 0 Å². The molecule has 1 fully saturated rings. The lowest BCUT2D eigenvalue weighted by Crippen LogP contribution is -2.36. The molecule has 1 aromatic carbocycles. The quantitative estimate of drug-likeness (QED) is 0.881. The van der Waals surface area contributed by atoms with Crippen molar-refractivity contribution < 1.29 is 4.79 Å². The normalized spacial score (nSPS) is 25.6. The van der Waals surface area contributed by atoms with Gasteiger partial charge in [-0.15, -0.1) is 0 Å². The molecule has 108 valence electrons. The number of nitrogens with one attached hydrogen (secondary N) is 2. The number of carbonyl (C=O) groups is 1. The zero-order valence-electron chi connectivity index (χ0n) is 11.6. The zero-order valence-corrected chi connectivity index (χ0v) is 13.1. The molecule has 0 saturated carbocycles. The lowest BCUT2D eigenvalue weighted by Gasteiger charge is -2.33. The molecule has 2 atom stereocenters. The molecule has 1 aromatic rings. The van der Waals surface area contributed by atoms with Crippen LogP contribution in [0.2, 0.25) is 5.02 Å². The van der Waals surface area contributed by atoms with Gasteiger partial charge in [-0.1, -0.05) is 18.5 Å². The second-order valence-corrected chi connectivity index (χ2v) is 7.18. The fourth-order valence-corrected chi connectivity index (χ4v) is 4.14. The van der Waals surface area contributed by atoms with Gasteiger partial charge in [0.15, 0.2) is 0 Å². The van der Waals surface area contributed by atoms with E-state index in [1.807, 2.05) is 23.9 Å². The van der Waals surface area contributed by atoms with Crippen LogP contribution in [0.4, 0.5) is 11.4 Å². The summed E-state index contributed by atoms with van der Waals surface area (Å²) >= 11 is 8.43. The maximum atomic E-state index is 11.9. The Bertz CT molecular complexity index is 551. The molecule has 20 heavy (non-hydrogen) atoms. The summed E-state index contributed by atoms with van der Waals surface area (Å²) in [5.41, 5.74) is 2.83. The van der Waals surface area contributed by atoms with Crippen molar-refractivity contribution in [2.24, 2.45) is 0 Å². The van der Waals surface area contributed by atoms with Gasteiger partial charge >= 0.3 is 0 Å². The maximum absolute atomic E-state index is 11.9. The van der Waals surface area contributed by atoms with E-state index in [0.717, 1.165) is 40.8 Å². The standard InChI is InChI=1S/C14H18ClN3OS/c1-8-7-18(3-4-20-8)12-6-11-9(5-10(12)15)13(16-2)14(19)17-11/h5-6,8,13,16H,3-4,7H2,1-2H3,(H,17,19). The van der Waals surface area contributed by atoms with Crippen LogP contribution in [0.1, 0.15) is 18.5 Å². The summed E-state index contributed by atoms with van der Waals surface area (Å²) in [5.74, 6) is 1.10. The highest BCUT2D eigenvalue weighted by atomic mass is 35.5. The van der Waals surface area contributed by atoms with Gasteiger partial charge < -0.3 is 15.5 Å². The molecule has 2 aliphatic heterocycles. The fourth-order valence-electron chi connectivity index (χ4n) is 2.84. The maximum Gasteiger partial charge on any atom is 0.246 e. The predicted molar refractivity (Wildman–Crippen MR) is 86.0 cm³/mol. The van der Waals surface area contributed by atoms with Gasteiger partial charge in [-0.3, -0.25) is 4.79 Å². The van der Waals surface area contributed by atoms with Gasteiger partial charge in [-0.25, -0.2) is 0 Å². The van der Waals surface area contributed by atoms with Crippen LogP contribution in [0, 0.1) is 0 Å². The summed E-state index contributed by atoms with van der Waals surface area (Å²) in [7, 11) is 1.78. The Hall–Kier alpha value is -0.910.